The molecule has 0 aliphatic heterocycles. The molecule has 0 aliphatic rings. The van der Waals surface area contributed by atoms with E-state index in [-0.39, 0.29) is 12.5 Å². The summed E-state index contributed by atoms with van der Waals surface area (Å²) < 4.78 is 12.1. The minimum Gasteiger partial charge on any atom is -0.493 e. The number of ether oxygens (including phenoxy) is 2. The Morgan fingerprint density at radius 3 is 2.53 bits per heavy atom. The van der Waals surface area contributed by atoms with E-state index < -0.39 is 0 Å². The van der Waals surface area contributed by atoms with Gasteiger partial charge in [0.15, 0.2) is 18.1 Å². The van der Waals surface area contributed by atoms with Crippen molar-refractivity contribution in [1.82, 2.24) is 0 Å². The molecular formula is C24H23IN2O3. The second-order valence-electron chi connectivity index (χ2n) is 6.76. The molecule has 0 saturated carbocycles. The molecule has 3 aromatic rings. The van der Waals surface area contributed by atoms with Gasteiger partial charge in [-0.25, -0.2) is 0 Å². The maximum atomic E-state index is 12.2. The first-order valence-electron chi connectivity index (χ1n) is 9.43. The van der Waals surface area contributed by atoms with Crippen molar-refractivity contribution in [3.05, 3.63) is 80.9 Å². The molecule has 0 radical (unpaired) electrons. The first-order chi connectivity index (χ1) is 14.5. The van der Waals surface area contributed by atoms with Gasteiger partial charge in [-0.1, -0.05) is 24.3 Å². The van der Waals surface area contributed by atoms with Gasteiger partial charge in [-0.3, -0.25) is 9.79 Å². The zero-order valence-corrected chi connectivity index (χ0v) is 19.3. The molecule has 0 aliphatic carbocycles. The van der Waals surface area contributed by atoms with Crippen LogP contribution in [0.15, 0.2) is 65.7 Å². The molecule has 154 valence electrons. The quantitative estimate of drug-likeness (QED) is 0.326. The minimum atomic E-state index is -0.237. The number of nitrogens with zero attached hydrogens (tertiary/aromatic N) is 1. The number of hydrogen-bond acceptors (Lipinski definition) is 4. The second kappa shape index (κ2) is 10.2. The molecule has 0 bridgehead atoms. The largest absolute Gasteiger partial charge is 0.493 e. The van der Waals surface area contributed by atoms with Gasteiger partial charge in [-0.05, 0) is 89.5 Å². The van der Waals surface area contributed by atoms with E-state index in [0.29, 0.717) is 11.5 Å². The number of carbonyl (C=O) groups is 1. The molecule has 0 heterocycles. The van der Waals surface area contributed by atoms with Crippen LogP contribution in [0.1, 0.15) is 16.7 Å². The highest BCUT2D eigenvalue weighted by molar-refractivity contribution is 14.1. The van der Waals surface area contributed by atoms with Crippen LogP contribution in [0, 0.1) is 17.4 Å². The Balaban J connectivity index is 1.71. The van der Waals surface area contributed by atoms with Gasteiger partial charge >= 0.3 is 0 Å². The standard InChI is InChI=1S/C24H23IN2O3/c1-16-9-10-20(11-17(16)2)26-14-18-12-21(25)24(22(13-18)29-3)30-15-23(28)27-19-7-5-4-6-8-19/h4-14H,15H2,1-3H3,(H,27,28). The van der Waals surface area contributed by atoms with Crippen LogP contribution in [0.3, 0.4) is 0 Å². The van der Waals surface area contributed by atoms with Crippen LogP contribution in [-0.4, -0.2) is 25.8 Å². The smallest absolute Gasteiger partial charge is 0.262 e. The lowest BCUT2D eigenvalue weighted by atomic mass is 10.1. The molecule has 30 heavy (non-hydrogen) atoms. The number of rotatable bonds is 7. The summed E-state index contributed by atoms with van der Waals surface area (Å²) in [6.07, 6.45) is 1.79. The fourth-order valence-corrected chi connectivity index (χ4v) is 3.55. The number of nitrogens with one attached hydrogen (secondary N) is 1. The van der Waals surface area contributed by atoms with E-state index in [0.717, 1.165) is 20.5 Å². The predicted molar refractivity (Wildman–Crippen MR) is 129 cm³/mol. The molecule has 1 N–H and O–H groups in total. The summed E-state index contributed by atoms with van der Waals surface area (Å²) in [7, 11) is 1.58. The highest BCUT2D eigenvalue weighted by Gasteiger charge is 2.13. The monoisotopic (exact) mass is 514 g/mol. The number of carbonyl (C=O) groups excluding carboxylic acids is 1. The van der Waals surface area contributed by atoms with Gasteiger partial charge < -0.3 is 14.8 Å². The van der Waals surface area contributed by atoms with Gasteiger partial charge in [-0.2, -0.15) is 0 Å². The summed E-state index contributed by atoms with van der Waals surface area (Å²) in [5, 5.41) is 2.80. The molecule has 0 aromatic heterocycles. The van der Waals surface area contributed by atoms with Crippen LogP contribution in [-0.2, 0) is 4.79 Å². The van der Waals surface area contributed by atoms with E-state index >= 15 is 0 Å². The lowest BCUT2D eigenvalue weighted by molar-refractivity contribution is -0.118. The number of amides is 1. The lowest BCUT2D eigenvalue weighted by Gasteiger charge is -2.13. The third kappa shape index (κ3) is 5.82. The lowest BCUT2D eigenvalue weighted by Crippen LogP contribution is -2.20. The Labute approximate surface area is 190 Å². The van der Waals surface area contributed by atoms with E-state index in [4.69, 9.17) is 9.47 Å². The van der Waals surface area contributed by atoms with Gasteiger partial charge in [0.25, 0.3) is 5.91 Å². The third-order valence-electron chi connectivity index (χ3n) is 4.51. The van der Waals surface area contributed by atoms with Crippen molar-refractivity contribution < 1.29 is 14.3 Å². The van der Waals surface area contributed by atoms with Crippen molar-refractivity contribution in [3.8, 4) is 11.5 Å². The average molecular weight is 514 g/mol. The van der Waals surface area contributed by atoms with Crippen molar-refractivity contribution in [3.63, 3.8) is 0 Å². The van der Waals surface area contributed by atoms with Gasteiger partial charge in [0.1, 0.15) is 0 Å². The summed E-state index contributed by atoms with van der Waals surface area (Å²) in [4.78, 5) is 16.7. The maximum Gasteiger partial charge on any atom is 0.262 e. The molecule has 1 amide bonds. The number of hydrogen-bond donors (Lipinski definition) is 1. The van der Waals surface area contributed by atoms with Crippen molar-refractivity contribution in [1.29, 1.82) is 0 Å². The molecule has 3 rings (SSSR count). The molecule has 0 saturated heterocycles. The maximum absolute atomic E-state index is 12.2. The van der Waals surface area contributed by atoms with E-state index in [1.54, 1.807) is 13.3 Å². The van der Waals surface area contributed by atoms with Crippen LogP contribution >= 0.6 is 22.6 Å². The normalized spacial score (nSPS) is 10.8. The Morgan fingerprint density at radius 1 is 1.07 bits per heavy atom. The van der Waals surface area contributed by atoms with Gasteiger partial charge in [0.05, 0.1) is 16.4 Å². The molecule has 0 spiro atoms. The summed E-state index contributed by atoms with van der Waals surface area (Å²) in [5.74, 6) is 0.847. The minimum absolute atomic E-state index is 0.114. The fraction of sp³-hybridized carbons (Fsp3) is 0.167. The Hall–Kier alpha value is -2.87. The van der Waals surface area contributed by atoms with Crippen molar-refractivity contribution in [2.24, 2.45) is 4.99 Å². The van der Waals surface area contributed by atoms with Crippen molar-refractivity contribution in [2.45, 2.75) is 13.8 Å². The summed E-state index contributed by atoms with van der Waals surface area (Å²) in [6.45, 7) is 4.03. The second-order valence-corrected chi connectivity index (χ2v) is 7.93. The Morgan fingerprint density at radius 2 is 1.83 bits per heavy atom. The first-order valence-corrected chi connectivity index (χ1v) is 10.5. The third-order valence-corrected chi connectivity index (χ3v) is 5.31. The first kappa shape index (κ1) is 21.8. The number of anilines is 1. The van der Waals surface area contributed by atoms with E-state index in [9.17, 15) is 4.79 Å². The number of halogens is 1. The van der Waals surface area contributed by atoms with Crippen LogP contribution in [0.25, 0.3) is 0 Å². The number of aliphatic imine (C=N–C) groups is 1. The Kier molecular flexibility index (Phi) is 7.46. The van der Waals surface area contributed by atoms with Crippen LogP contribution in [0.5, 0.6) is 11.5 Å². The molecule has 0 atom stereocenters. The van der Waals surface area contributed by atoms with Crippen molar-refractivity contribution in [2.75, 3.05) is 19.0 Å². The zero-order valence-electron chi connectivity index (χ0n) is 17.1. The average Bonchev–Trinajstić information content (AvgIpc) is 2.74. The topological polar surface area (TPSA) is 59.9 Å². The van der Waals surface area contributed by atoms with E-state index in [1.807, 2.05) is 48.5 Å². The highest BCUT2D eigenvalue weighted by Crippen LogP contribution is 2.33. The molecule has 0 unspecified atom stereocenters. The molecule has 3 aromatic carbocycles. The number of para-hydroxylation sites is 1. The zero-order chi connectivity index (χ0) is 21.5. The molecule has 0 fully saturated rings. The molecule has 6 heteroatoms. The molecular weight excluding hydrogens is 491 g/mol. The number of aryl methyl sites for hydroxylation is 2. The van der Waals surface area contributed by atoms with Gasteiger partial charge in [0, 0.05) is 11.9 Å². The molecule has 5 nitrogen and oxygen atoms in total. The number of methoxy groups -OCH3 is 1. The van der Waals surface area contributed by atoms with Gasteiger partial charge in [-0.15, -0.1) is 0 Å². The summed E-state index contributed by atoms with van der Waals surface area (Å²) in [6, 6.07) is 19.2. The van der Waals surface area contributed by atoms with Crippen LogP contribution < -0.4 is 14.8 Å². The number of benzene rings is 3. The van der Waals surface area contributed by atoms with Crippen LogP contribution in [0.4, 0.5) is 11.4 Å². The van der Waals surface area contributed by atoms with Gasteiger partial charge in [0.2, 0.25) is 0 Å². The SMILES string of the molecule is COc1cc(C=Nc2ccc(C)c(C)c2)cc(I)c1OCC(=O)Nc1ccccc1. The van der Waals surface area contributed by atoms with E-state index in [1.165, 1.54) is 11.1 Å². The fourth-order valence-electron chi connectivity index (χ4n) is 2.77. The summed E-state index contributed by atoms with van der Waals surface area (Å²) >= 11 is 2.17. The summed E-state index contributed by atoms with van der Waals surface area (Å²) in [5.41, 5.74) is 4.95. The predicted octanol–water partition coefficient (Wildman–Crippen LogP) is 5.68. The van der Waals surface area contributed by atoms with E-state index in [2.05, 4.69) is 58.9 Å². The van der Waals surface area contributed by atoms with Crippen LogP contribution in [0.2, 0.25) is 0 Å². The highest BCUT2D eigenvalue weighted by atomic mass is 127. The Bertz CT molecular complexity index is 1070. The van der Waals surface area contributed by atoms with Crippen molar-refractivity contribution >= 4 is 46.1 Å².